The molecule has 1 heterocycles. The molecule has 3 aromatic rings. The van der Waals surface area contributed by atoms with Crippen LogP contribution in [0.25, 0.3) is 10.1 Å². The number of amides is 1. The fraction of sp³-hybridized carbons (Fsp3) is 0. The zero-order valence-corrected chi connectivity index (χ0v) is 14.3. The van der Waals surface area contributed by atoms with E-state index < -0.39 is 22.4 Å². The summed E-state index contributed by atoms with van der Waals surface area (Å²) in [4.78, 5) is 22.4. The van der Waals surface area contributed by atoms with Gasteiger partial charge in [-0.15, -0.1) is 11.3 Å². The Bertz CT molecular complexity index is 1070. The Morgan fingerprint density at radius 3 is 2.81 bits per heavy atom. The highest BCUT2D eigenvalue weighted by Gasteiger charge is 2.17. The van der Waals surface area contributed by atoms with Gasteiger partial charge in [-0.2, -0.15) is 5.10 Å². The number of hydrazone groups is 1. The molecule has 0 saturated heterocycles. The summed E-state index contributed by atoms with van der Waals surface area (Å²) >= 11 is 7.12. The van der Waals surface area contributed by atoms with E-state index in [2.05, 4.69) is 10.5 Å². The Balaban J connectivity index is 1.81. The van der Waals surface area contributed by atoms with E-state index in [1.807, 2.05) is 0 Å². The van der Waals surface area contributed by atoms with Gasteiger partial charge in [0.25, 0.3) is 11.6 Å². The van der Waals surface area contributed by atoms with Crippen LogP contribution in [0.1, 0.15) is 15.2 Å². The fourth-order valence-corrected chi connectivity index (χ4v) is 3.58. The molecule has 0 fully saturated rings. The first kappa shape index (κ1) is 17.8. The highest BCUT2D eigenvalue weighted by atomic mass is 35.5. The van der Waals surface area contributed by atoms with Crippen LogP contribution in [-0.2, 0) is 0 Å². The zero-order chi connectivity index (χ0) is 18.8. The van der Waals surface area contributed by atoms with Crippen molar-refractivity contribution < 1.29 is 19.2 Å². The monoisotopic (exact) mass is 392 g/mol. The standard InChI is InChI=1S/C16H9ClFN3O4S/c17-14-11-3-1-9(18)6-13(11)26-15(14)16(23)20-19-7-8-5-10(21(24)25)2-4-12(8)22/h1-7,22H,(H,20,23)/p-1/b19-7-. The van der Waals surface area contributed by atoms with Gasteiger partial charge < -0.3 is 5.11 Å². The minimum atomic E-state index is -0.647. The van der Waals surface area contributed by atoms with Gasteiger partial charge in [0.15, 0.2) is 0 Å². The smallest absolute Gasteiger partial charge is 0.283 e. The number of halogens is 2. The molecule has 26 heavy (non-hydrogen) atoms. The second-order valence-corrected chi connectivity index (χ2v) is 6.49. The first-order chi connectivity index (χ1) is 12.4. The largest absolute Gasteiger partial charge is 0.872 e. The number of nitro groups is 1. The summed E-state index contributed by atoms with van der Waals surface area (Å²) in [5.74, 6) is -1.58. The van der Waals surface area contributed by atoms with Crippen molar-refractivity contribution in [1.29, 1.82) is 0 Å². The molecule has 0 saturated carbocycles. The lowest BCUT2D eigenvalue weighted by molar-refractivity contribution is -0.385. The molecule has 1 N–H and O–H groups in total. The molecule has 1 amide bonds. The van der Waals surface area contributed by atoms with E-state index in [0.717, 1.165) is 35.8 Å². The Morgan fingerprint density at radius 2 is 2.08 bits per heavy atom. The van der Waals surface area contributed by atoms with E-state index in [1.165, 1.54) is 18.2 Å². The number of rotatable bonds is 4. The van der Waals surface area contributed by atoms with Gasteiger partial charge in [0.05, 0.1) is 16.2 Å². The minimum Gasteiger partial charge on any atom is -0.872 e. The van der Waals surface area contributed by atoms with Gasteiger partial charge in [-0.1, -0.05) is 23.4 Å². The number of benzene rings is 2. The topological polar surface area (TPSA) is 108 Å². The molecule has 10 heteroatoms. The highest BCUT2D eigenvalue weighted by Crippen LogP contribution is 2.35. The lowest BCUT2D eigenvalue weighted by Gasteiger charge is -2.08. The van der Waals surface area contributed by atoms with Gasteiger partial charge in [-0.25, -0.2) is 9.82 Å². The van der Waals surface area contributed by atoms with Gasteiger partial charge in [0.1, 0.15) is 10.7 Å². The molecular weight excluding hydrogens is 385 g/mol. The van der Waals surface area contributed by atoms with Crippen LogP contribution in [-0.4, -0.2) is 17.0 Å². The molecule has 0 atom stereocenters. The summed E-state index contributed by atoms with van der Waals surface area (Å²) in [5, 5.41) is 26.7. The molecule has 3 rings (SSSR count). The summed E-state index contributed by atoms with van der Waals surface area (Å²) in [6.07, 6.45) is 1.01. The van der Waals surface area contributed by atoms with Crippen LogP contribution < -0.4 is 10.5 Å². The Morgan fingerprint density at radius 1 is 1.31 bits per heavy atom. The zero-order valence-electron chi connectivity index (χ0n) is 12.7. The number of nitrogens with one attached hydrogen (secondary N) is 1. The molecule has 0 aliphatic rings. The highest BCUT2D eigenvalue weighted by molar-refractivity contribution is 7.21. The van der Waals surface area contributed by atoms with Crippen LogP contribution in [0, 0.1) is 15.9 Å². The third kappa shape index (κ3) is 3.48. The van der Waals surface area contributed by atoms with Crippen LogP contribution in [0.15, 0.2) is 41.5 Å². The van der Waals surface area contributed by atoms with Gasteiger partial charge in [-0.3, -0.25) is 14.9 Å². The van der Waals surface area contributed by atoms with Crippen LogP contribution >= 0.6 is 22.9 Å². The van der Waals surface area contributed by atoms with Crippen LogP contribution in [0.5, 0.6) is 5.75 Å². The Hall–Kier alpha value is -3.04. The molecule has 0 aliphatic carbocycles. The average Bonchev–Trinajstić information content (AvgIpc) is 2.92. The number of nitrogens with zero attached hydrogens (tertiary/aromatic N) is 2. The third-order valence-corrected chi connectivity index (χ3v) is 5.03. The minimum absolute atomic E-state index is 0.0518. The third-order valence-electron chi connectivity index (χ3n) is 3.37. The molecule has 7 nitrogen and oxygen atoms in total. The van der Waals surface area contributed by atoms with Crippen molar-refractivity contribution in [2.75, 3.05) is 0 Å². The van der Waals surface area contributed by atoms with Crippen LogP contribution in [0.3, 0.4) is 0 Å². The predicted molar refractivity (Wildman–Crippen MR) is 94.4 cm³/mol. The van der Waals surface area contributed by atoms with Gasteiger partial charge >= 0.3 is 0 Å². The molecule has 0 bridgehead atoms. The van der Waals surface area contributed by atoms with E-state index in [-0.39, 0.29) is 21.2 Å². The number of thiophene rings is 1. The van der Waals surface area contributed by atoms with Crippen molar-refractivity contribution in [2.24, 2.45) is 5.10 Å². The number of carbonyl (C=O) groups is 1. The van der Waals surface area contributed by atoms with E-state index >= 15 is 0 Å². The van der Waals surface area contributed by atoms with Crippen molar-refractivity contribution in [3.63, 3.8) is 0 Å². The van der Waals surface area contributed by atoms with Crippen molar-refractivity contribution in [1.82, 2.24) is 5.43 Å². The Kier molecular flexibility index (Phi) is 4.83. The van der Waals surface area contributed by atoms with E-state index in [0.29, 0.717) is 10.1 Å². The normalized spacial score (nSPS) is 11.2. The maximum Gasteiger partial charge on any atom is 0.283 e. The number of hydrogen-bond donors (Lipinski definition) is 1. The molecule has 2 aromatic carbocycles. The summed E-state index contributed by atoms with van der Waals surface area (Å²) in [6, 6.07) is 7.13. The van der Waals surface area contributed by atoms with Gasteiger partial charge in [0.2, 0.25) is 0 Å². The number of fused-ring (bicyclic) bond motifs is 1. The molecule has 132 valence electrons. The number of non-ortho nitro benzene ring substituents is 1. The van der Waals surface area contributed by atoms with Gasteiger partial charge in [0, 0.05) is 22.2 Å². The van der Waals surface area contributed by atoms with Crippen LogP contribution in [0.2, 0.25) is 5.02 Å². The molecule has 0 spiro atoms. The average molecular weight is 393 g/mol. The first-order valence-corrected chi connectivity index (χ1v) is 8.22. The number of carbonyl (C=O) groups excluding carboxylic acids is 1. The second kappa shape index (κ2) is 7.06. The fourth-order valence-electron chi connectivity index (χ4n) is 2.15. The maximum atomic E-state index is 13.3. The summed E-state index contributed by atoms with van der Waals surface area (Å²) < 4.78 is 13.8. The lowest BCUT2D eigenvalue weighted by atomic mass is 10.2. The SMILES string of the molecule is O=C(N/N=C\c1cc([N+](=O)[O-])ccc1[O-])c1sc2cc(F)ccc2c1Cl. The Labute approximate surface area is 154 Å². The van der Waals surface area contributed by atoms with E-state index in [9.17, 15) is 24.4 Å². The van der Waals surface area contributed by atoms with Crippen molar-refractivity contribution >= 4 is 50.8 Å². The molecule has 0 unspecified atom stereocenters. The van der Waals surface area contributed by atoms with Gasteiger partial charge in [-0.05, 0) is 23.8 Å². The lowest BCUT2D eigenvalue weighted by Crippen LogP contribution is -2.16. The summed E-state index contributed by atoms with van der Waals surface area (Å²) in [6.45, 7) is 0. The van der Waals surface area contributed by atoms with Crippen molar-refractivity contribution in [3.8, 4) is 5.75 Å². The quantitative estimate of drug-likeness (QED) is 0.416. The summed E-state index contributed by atoms with van der Waals surface area (Å²) in [5.41, 5.74) is 1.87. The number of nitro benzene ring substituents is 1. The predicted octanol–water partition coefficient (Wildman–Crippen LogP) is 3.44. The maximum absolute atomic E-state index is 13.3. The van der Waals surface area contributed by atoms with Crippen molar-refractivity contribution in [2.45, 2.75) is 0 Å². The van der Waals surface area contributed by atoms with Crippen molar-refractivity contribution in [3.05, 3.63) is 67.8 Å². The first-order valence-electron chi connectivity index (χ1n) is 7.03. The number of hydrogen-bond acceptors (Lipinski definition) is 6. The molecule has 0 radical (unpaired) electrons. The second-order valence-electron chi connectivity index (χ2n) is 5.06. The van der Waals surface area contributed by atoms with Crippen LogP contribution in [0.4, 0.5) is 10.1 Å². The van der Waals surface area contributed by atoms with E-state index in [4.69, 9.17) is 11.6 Å². The molecule has 0 aliphatic heterocycles. The molecular formula is C16H8ClFN3O4S-. The summed E-state index contributed by atoms with van der Waals surface area (Å²) in [7, 11) is 0. The van der Waals surface area contributed by atoms with E-state index in [1.54, 1.807) is 0 Å². The molecule has 1 aromatic heterocycles.